The molecule has 7 heteroatoms. The van der Waals surface area contributed by atoms with E-state index in [0.29, 0.717) is 24.1 Å². The number of aryl methyl sites for hydroxylation is 1. The number of fused-ring (bicyclic) bond motifs is 1. The van der Waals surface area contributed by atoms with Gasteiger partial charge >= 0.3 is 5.97 Å². The lowest BCUT2D eigenvalue weighted by molar-refractivity contribution is -0.143. The number of amides is 1. The Hall–Kier alpha value is -2.44. The summed E-state index contributed by atoms with van der Waals surface area (Å²) in [6.07, 6.45) is 4.55. The number of aromatic nitrogens is 3. The molecule has 3 heterocycles. The highest BCUT2D eigenvalue weighted by Gasteiger charge is 2.34. The van der Waals surface area contributed by atoms with Crippen molar-refractivity contribution in [3.63, 3.8) is 0 Å². The van der Waals surface area contributed by atoms with E-state index in [1.54, 1.807) is 15.6 Å². The normalized spacial score (nSPS) is 22.0. The van der Waals surface area contributed by atoms with Crippen LogP contribution in [0.3, 0.4) is 0 Å². The van der Waals surface area contributed by atoms with Gasteiger partial charge in [-0.2, -0.15) is 5.10 Å². The lowest BCUT2D eigenvalue weighted by Crippen LogP contribution is -2.47. The molecule has 7 nitrogen and oxygen atoms in total. The van der Waals surface area contributed by atoms with Crippen LogP contribution in [0, 0.1) is 12.8 Å². The molecule has 0 aromatic carbocycles. The minimum Gasteiger partial charge on any atom is -0.481 e. The molecule has 0 aliphatic carbocycles. The number of aliphatic carboxylic acids is 1. The minimum absolute atomic E-state index is 0.0165. The number of carboxylic acids is 1. The molecule has 1 fully saturated rings. The molecule has 2 aromatic heterocycles. The number of nitrogens with zero attached hydrogens (tertiary/aromatic N) is 4. The minimum atomic E-state index is -0.849. The average Bonchev–Trinajstić information content (AvgIpc) is 2.89. The molecular weight excluding hydrogens is 284 g/mol. The summed E-state index contributed by atoms with van der Waals surface area (Å²) in [5, 5.41) is 13.3. The van der Waals surface area contributed by atoms with Crippen LogP contribution in [0.15, 0.2) is 18.5 Å². The quantitative estimate of drug-likeness (QED) is 0.905. The van der Waals surface area contributed by atoms with E-state index in [-0.39, 0.29) is 18.5 Å². The van der Waals surface area contributed by atoms with Gasteiger partial charge in [-0.3, -0.25) is 9.59 Å². The first-order chi connectivity index (χ1) is 10.5. The van der Waals surface area contributed by atoms with Crippen LogP contribution in [0.2, 0.25) is 0 Å². The largest absolute Gasteiger partial charge is 0.481 e. The Bertz CT molecular complexity index is 739. The Labute approximate surface area is 127 Å². The standard InChI is InChI=1S/C15H18N4O3/c1-9-5-6-19-13(17-9)12(7-16-19)14(20)18-8-11(15(21)22)4-3-10(18)2/h5-7,10-11H,3-4,8H2,1-2H3,(H,21,22). The number of carboxylic acid groups (broad SMARTS) is 1. The van der Waals surface area contributed by atoms with Gasteiger partial charge in [-0.25, -0.2) is 9.50 Å². The van der Waals surface area contributed by atoms with Crippen LogP contribution >= 0.6 is 0 Å². The third-order valence-corrected chi connectivity index (χ3v) is 4.23. The Morgan fingerprint density at radius 3 is 2.86 bits per heavy atom. The van der Waals surface area contributed by atoms with Gasteiger partial charge in [-0.15, -0.1) is 0 Å². The third kappa shape index (κ3) is 2.43. The Kier molecular flexibility index (Phi) is 3.56. The molecule has 2 aromatic rings. The maximum Gasteiger partial charge on any atom is 0.308 e. The SMILES string of the molecule is Cc1ccn2ncc(C(=O)N3CC(C(=O)O)CCC3C)c2n1. The second kappa shape index (κ2) is 5.40. The first-order valence-corrected chi connectivity index (χ1v) is 7.32. The van der Waals surface area contributed by atoms with E-state index >= 15 is 0 Å². The number of hydrogen-bond acceptors (Lipinski definition) is 4. The summed E-state index contributed by atoms with van der Waals surface area (Å²) in [7, 11) is 0. The van der Waals surface area contributed by atoms with Crippen LogP contribution in [0.5, 0.6) is 0 Å². The molecule has 0 spiro atoms. The molecular formula is C15H18N4O3. The smallest absolute Gasteiger partial charge is 0.308 e. The van der Waals surface area contributed by atoms with Crippen molar-refractivity contribution in [3.05, 3.63) is 29.7 Å². The lowest BCUT2D eigenvalue weighted by atomic mass is 9.93. The topological polar surface area (TPSA) is 87.8 Å². The summed E-state index contributed by atoms with van der Waals surface area (Å²) in [6.45, 7) is 4.03. The molecule has 0 radical (unpaired) electrons. The van der Waals surface area contributed by atoms with Gasteiger partial charge in [0.2, 0.25) is 0 Å². The van der Waals surface area contributed by atoms with Crippen LogP contribution in [0.1, 0.15) is 35.8 Å². The second-order valence-corrected chi connectivity index (χ2v) is 5.81. The molecule has 1 aliphatic rings. The first-order valence-electron chi connectivity index (χ1n) is 7.32. The van der Waals surface area contributed by atoms with Gasteiger partial charge < -0.3 is 10.0 Å². The van der Waals surface area contributed by atoms with Gasteiger partial charge in [0.05, 0.1) is 12.1 Å². The highest BCUT2D eigenvalue weighted by molar-refractivity contribution is 6.00. The molecule has 2 unspecified atom stereocenters. The summed E-state index contributed by atoms with van der Waals surface area (Å²) < 4.78 is 1.56. The van der Waals surface area contributed by atoms with Crippen molar-refractivity contribution >= 4 is 17.5 Å². The Morgan fingerprint density at radius 1 is 1.36 bits per heavy atom. The van der Waals surface area contributed by atoms with Crippen molar-refractivity contribution in [1.82, 2.24) is 19.5 Å². The molecule has 116 valence electrons. The zero-order valence-electron chi connectivity index (χ0n) is 12.6. The maximum atomic E-state index is 12.8. The van der Waals surface area contributed by atoms with Crippen LogP contribution < -0.4 is 0 Å². The van der Waals surface area contributed by atoms with E-state index in [1.807, 2.05) is 19.9 Å². The monoisotopic (exact) mass is 302 g/mol. The highest BCUT2D eigenvalue weighted by Crippen LogP contribution is 2.24. The zero-order chi connectivity index (χ0) is 15.9. The van der Waals surface area contributed by atoms with Gasteiger partial charge in [0.15, 0.2) is 5.65 Å². The van der Waals surface area contributed by atoms with Gasteiger partial charge in [0.1, 0.15) is 5.56 Å². The van der Waals surface area contributed by atoms with Crippen LogP contribution in [0.25, 0.3) is 5.65 Å². The third-order valence-electron chi connectivity index (χ3n) is 4.23. The van der Waals surface area contributed by atoms with Crippen molar-refractivity contribution in [3.8, 4) is 0 Å². The van der Waals surface area contributed by atoms with Gasteiger partial charge in [0, 0.05) is 24.5 Å². The fraction of sp³-hybridized carbons (Fsp3) is 0.467. The Balaban J connectivity index is 1.94. The van der Waals surface area contributed by atoms with Crippen molar-refractivity contribution < 1.29 is 14.7 Å². The molecule has 1 saturated heterocycles. The van der Waals surface area contributed by atoms with Gasteiger partial charge in [0.25, 0.3) is 5.91 Å². The average molecular weight is 302 g/mol. The summed E-state index contributed by atoms with van der Waals surface area (Å²) in [6, 6.07) is 1.83. The first kappa shape index (κ1) is 14.5. The van der Waals surface area contributed by atoms with Crippen LogP contribution in [0.4, 0.5) is 0 Å². The van der Waals surface area contributed by atoms with Gasteiger partial charge in [-0.1, -0.05) is 0 Å². The number of hydrogen-bond donors (Lipinski definition) is 1. The molecule has 1 aliphatic heterocycles. The van der Waals surface area contributed by atoms with E-state index < -0.39 is 11.9 Å². The van der Waals surface area contributed by atoms with Gasteiger partial charge in [-0.05, 0) is 32.8 Å². The number of piperidine rings is 1. The van der Waals surface area contributed by atoms with E-state index in [1.165, 1.54) is 6.20 Å². The molecule has 22 heavy (non-hydrogen) atoms. The Morgan fingerprint density at radius 2 is 2.14 bits per heavy atom. The van der Waals surface area contributed by atoms with Crippen molar-refractivity contribution in [1.29, 1.82) is 0 Å². The number of rotatable bonds is 2. The van der Waals surface area contributed by atoms with E-state index in [9.17, 15) is 14.7 Å². The molecule has 3 rings (SSSR count). The summed E-state index contributed by atoms with van der Waals surface area (Å²) in [5.74, 6) is -1.55. The van der Waals surface area contributed by atoms with E-state index in [0.717, 1.165) is 5.69 Å². The van der Waals surface area contributed by atoms with Crippen molar-refractivity contribution in [2.45, 2.75) is 32.7 Å². The van der Waals surface area contributed by atoms with Crippen LogP contribution in [-0.4, -0.2) is 49.1 Å². The van der Waals surface area contributed by atoms with Crippen LogP contribution in [-0.2, 0) is 4.79 Å². The lowest BCUT2D eigenvalue weighted by Gasteiger charge is -2.36. The predicted molar refractivity (Wildman–Crippen MR) is 78.6 cm³/mol. The number of carbonyl (C=O) groups is 2. The summed E-state index contributed by atoms with van der Waals surface area (Å²) in [4.78, 5) is 30.0. The molecule has 1 amide bonds. The van der Waals surface area contributed by atoms with Crippen molar-refractivity contribution in [2.24, 2.45) is 5.92 Å². The van der Waals surface area contributed by atoms with Crippen molar-refractivity contribution in [2.75, 3.05) is 6.54 Å². The number of carbonyl (C=O) groups excluding carboxylic acids is 1. The number of likely N-dealkylation sites (tertiary alicyclic amines) is 1. The highest BCUT2D eigenvalue weighted by atomic mass is 16.4. The fourth-order valence-corrected chi connectivity index (χ4v) is 2.86. The molecule has 1 N–H and O–H groups in total. The molecule has 0 saturated carbocycles. The van der Waals surface area contributed by atoms with E-state index in [4.69, 9.17) is 0 Å². The fourth-order valence-electron chi connectivity index (χ4n) is 2.86. The van der Waals surface area contributed by atoms with E-state index in [2.05, 4.69) is 10.1 Å². The summed E-state index contributed by atoms with van der Waals surface area (Å²) in [5.41, 5.74) is 1.73. The zero-order valence-corrected chi connectivity index (χ0v) is 12.6. The predicted octanol–water partition coefficient (Wildman–Crippen LogP) is 1.36. The summed E-state index contributed by atoms with van der Waals surface area (Å²) >= 11 is 0. The molecule has 0 bridgehead atoms. The second-order valence-electron chi connectivity index (χ2n) is 5.81. The maximum absolute atomic E-state index is 12.8. The molecule has 2 atom stereocenters.